The van der Waals surface area contributed by atoms with Gasteiger partial charge in [-0.05, 0) is 30.7 Å². The molecular formula is C16H21N5OS. The summed E-state index contributed by atoms with van der Waals surface area (Å²) < 4.78 is 0. The number of carbonyl (C=O) groups excluding carboxylic acids is 1. The zero-order valence-electron chi connectivity index (χ0n) is 13.1. The lowest BCUT2D eigenvalue weighted by molar-refractivity contribution is -0.131. The number of thioether (sulfide) groups is 1. The number of hydrogen-bond donors (Lipinski definition) is 1. The lowest BCUT2D eigenvalue weighted by Crippen LogP contribution is -2.40. The van der Waals surface area contributed by atoms with E-state index in [4.69, 9.17) is 0 Å². The van der Waals surface area contributed by atoms with Crippen LogP contribution in [0, 0.1) is 0 Å². The Morgan fingerprint density at radius 2 is 2.35 bits per heavy atom. The summed E-state index contributed by atoms with van der Waals surface area (Å²) in [7, 11) is 0. The lowest BCUT2D eigenvalue weighted by atomic mass is 9.94. The predicted octanol–water partition coefficient (Wildman–Crippen LogP) is 2.16. The lowest BCUT2D eigenvalue weighted by Gasteiger charge is -2.33. The standard InChI is InChI=1S/C16H21N5OS/c22-15(9-13-11-23-16-17-5-2-8-21(13)16)20-7-1-3-12(10-20)14-4-6-18-19-14/h4,6,11-12H,1-3,5,7-10H2,(H,18,19). The molecule has 1 fully saturated rings. The van der Waals surface area contributed by atoms with Crippen LogP contribution in [0.5, 0.6) is 0 Å². The third kappa shape index (κ3) is 3.02. The molecule has 0 radical (unpaired) electrons. The van der Waals surface area contributed by atoms with Crippen LogP contribution >= 0.6 is 11.8 Å². The number of aromatic nitrogens is 2. The Morgan fingerprint density at radius 3 is 3.22 bits per heavy atom. The number of carbonyl (C=O) groups is 1. The molecule has 1 aromatic heterocycles. The van der Waals surface area contributed by atoms with Crippen molar-refractivity contribution in [3.8, 4) is 0 Å². The van der Waals surface area contributed by atoms with Crippen molar-refractivity contribution in [3.63, 3.8) is 0 Å². The fraction of sp³-hybridized carbons (Fsp3) is 0.562. The van der Waals surface area contributed by atoms with E-state index in [0.29, 0.717) is 12.3 Å². The van der Waals surface area contributed by atoms with Gasteiger partial charge in [-0.25, -0.2) is 0 Å². The number of piperidine rings is 1. The second-order valence-electron chi connectivity index (χ2n) is 6.26. The molecule has 6 nitrogen and oxygen atoms in total. The summed E-state index contributed by atoms with van der Waals surface area (Å²) in [5, 5.41) is 10.2. The van der Waals surface area contributed by atoms with E-state index in [1.165, 1.54) is 0 Å². The number of rotatable bonds is 3. The Morgan fingerprint density at radius 1 is 1.39 bits per heavy atom. The molecule has 1 unspecified atom stereocenters. The average Bonchev–Trinajstić information content (AvgIpc) is 3.25. The third-order valence-corrected chi connectivity index (χ3v) is 5.68. The van der Waals surface area contributed by atoms with Gasteiger partial charge in [0.1, 0.15) is 0 Å². The van der Waals surface area contributed by atoms with Crippen molar-refractivity contribution in [1.82, 2.24) is 20.0 Å². The normalized spacial score (nSPS) is 24.3. The van der Waals surface area contributed by atoms with Gasteiger partial charge in [0.15, 0.2) is 5.17 Å². The number of nitrogens with one attached hydrogen (secondary N) is 1. The molecule has 0 spiro atoms. The van der Waals surface area contributed by atoms with Gasteiger partial charge >= 0.3 is 0 Å². The molecule has 0 saturated carbocycles. The molecule has 3 aliphatic heterocycles. The van der Waals surface area contributed by atoms with E-state index in [1.54, 1.807) is 18.0 Å². The Bertz CT molecular complexity index is 639. The maximum absolute atomic E-state index is 12.7. The van der Waals surface area contributed by atoms with Crippen LogP contribution in [-0.4, -0.2) is 57.3 Å². The fourth-order valence-electron chi connectivity index (χ4n) is 3.49. The average molecular weight is 331 g/mol. The minimum Gasteiger partial charge on any atom is -0.342 e. The number of aromatic amines is 1. The Labute approximate surface area is 140 Å². The van der Waals surface area contributed by atoms with Crippen molar-refractivity contribution in [2.45, 2.75) is 31.6 Å². The maximum Gasteiger partial charge on any atom is 0.228 e. The van der Waals surface area contributed by atoms with Gasteiger partial charge < -0.3 is 9.80 Å². The van der Waals surface area contributed by atoms with Crippen molar-refractivity contribution >= 4 is 22.8 Å². The highest BCUT2D eigenvalue weighted by Gasteiger charge is 2.30. The minimum absolute atomic E-state index is 0.230. The quantitative estimate of drug-likeness (QED) is 0.922. The first-order valence-electron chi connectivity index (χ1n) is 8.26. The number of H-pyrrole nitrogens is 1. The SMILES string of the molecule is O=C(CC1=CSC2=NCCCN12)N1CCCC(c2ccn[nH]2)C1. The highest BCUT2D eigenvalue weighted by molar-refractivity contribution is 8.16. The summed E-state index contributed by atoms with van der Waals surface area (Å²) in [5.41, 5.74) is 2.26. The van der Waals surface area contributed by atoms with E-state index in [2.05, 4.69) is 25.5 Å². The van der Waals surface area contributed by atoms with Crippen molar-refractivity contribution < 1.29 is 4.79 Å². The van der Waals surface area contributed by atoms with Crippen molar-refractivity contribution in [1.29, 1.82) is 0 Å². The molecule has 23 heavy (non-hydrogen) atoms. The Hall–Kier alpha value is -1.76. The molecule has 122 valence electrons. The predicted molar refractivity (Wildman–Crippen MR) is 91.1 cm³/mol. The van der Waals surface area contributed by atoms with Crippen LogP contribution in [0.3, 0.4) is 0 Å². The number of aliphatic imine (C=N–C) groups is 1. The van der Waals surface area contributed by atoms with Gasteiger partial charge in [-0.15, -0.1) is 0 Å². The van der Waals surface area contributed by atoms with Gasteiger partial charge in [-0.2, -0.15) is 5.10 Å². The van der Waals surface area contributed by atoms with Crippen LogP contribution < -0.4 is 0 Å². The topological polar surface area (TPSA) is 64.6 Å². The van der Waals surface area contributed by atoms with Crippen LogP contribution in [0.1, 0.15) is 37.3 Å². The molecule has 0 aromatic carbocycles. The van der Waals surface area contributed by atoms with Crippen LogP contribution in [-0.2, 0) is 4.79 Å². The smallest absolute Gasteiger partial charge is 0.228 e. The first-order valence-corrected chi connectivity index (χ1v) is 9.14. The van der Waals surface area contributed by atoms with Gasteiger partial charge in [0, 0.05) is 49.7 Å². The highest BCUT2D eigenvalue weighted by atomic mass is 32.2. The molecule has 3 aliphatic rings. The van der Waals surface area contributed by atoms with E-state index in [1.807, 2.05) is 11.0 Å². The summed E-state index contributed by atoms with van der Waals surface area (Å²) in [5.74, 6) is 0.613. The van der Waals surface area contributed by atoms with E-state index in [-0.39, 0.29) is 5.91 Å². The van der Waals surface area contributed by atoms with Crippen LogP contribution in [0.2, 0.25) is 0 Å². The van der Waals surface area contributed by atoms with Crippen molar-refractivity contribution in [2.24, 2.45) is 4.99 Å². The van der Waals surface area contributed by atoms with Gasteiger partial charge in [0.05, 0.1) is 6.42 Å². The molecule has 1 atom stereocenters. The van der Waals surface area contributed by atoms with Gasteiger partial charge in [-0.3, -0.25) is 14.9 Å². The van der Waals surface area contributed by atoms with E-state index in [0.717, 1.165) is 62.0 Å². The minimum atomic E-state index is 0.230. The van der Waals surface area contributed by atoms with Gasteiger partial charge in [-0.1, -0.05) is 11.8 Å². The molecule has 0 aliphatic carbocycles. The zero-order chi connectivity index (χ0) is 15.6. The second-order valence-corrected chi connectivity index (χ2v) is 7.10. The van der Waals surface area contributed by atoms with Crippen LogP contribution in [0.15, 0.2) is 28.4 Å². The zero-order valence-corrected chi connectivity index (χ0v) is 13.9. The molecule has 4 heterocycles. The molecule has 4 rings (SSSR count). The first-order chi connectivity index (χ1) is 11.3. The molecular weight excluding hydrogens is 310 g/mol. The Kier molecular flexibility index (Phi) is 4.11. The number of likely N-dealkylation sites (tertiary alicyclic amines) is 1. The number of nitrogens with zero attached hydrogens (tertiary/aromatic N) is 4. The van der Waals surface area contributed by atoms with Crippen molar-refractivity contribution in [2.75, 3.05) is 26.2 Å². The second kappa shape index (κ2) is 6.39. The molecule has 0 bridgehead atoms. The van der Waals surface area contributed by atoms with E-state index < -0.39 is 0 Å². The highest BCUT2D eigenvalue weighted by Crippen LogP contribution is 2.32. The fourth-order valence-corrected chi connectivity index (χ4v) is 4.45. The van der Waals surface area contributed by atoms with Crippen LogP contribution in [0.4, 0.5) is 0 Å². The van der Waals surface area contributed by atoms with Gasteiger partial charge in [0.2, 0.25) is 5.91 Å². The molecule has 7 heteroatoms. The van der Waals surface area contributed by atoms with Crippen LogP contribution in [0.25, 0.3) is 0 Å². The van der Waals surface area contributed by atoms with E-state index >= 15 is 0 Å². The number of fused-ring (bicyclic) bond motifs is 1. The number of amidine groups is 1. The monoisotopic (exact) mass is 331 g/mol. The summed E-state index contributed by atoms with van der Waals surface area (Å²) in [4.78, 5) is 21.5. The third-order valence-electron chi connectivity index (χ3n) is 4.73. The first kappa shape index (κ1) is 14.8. The van der Waals surface area contributed by atoms with Crippen molar-refractivity contribution in [3.05, 3.63) is 29.1 Å². The summed E-state index contributed by atoms with van der Waals surface area (Å²) >= 11 is 1.65. The maximum atomic E-state index is 12.7. The largest absolute Gasteiger partial charge is 0.342 e. The number of amides is 1. The molecule has 1 amide bonds. The van der Waals surface area contributed by atoms with E-state index in [9.17, 15) is 4.79 Å². The number of hydrogen-bond acceptors (Lipinski definition) is 5. The van der Waals surface area contributed by atoms with Gasteiger partial charge in [0.25, 0.3) is 0 Å². The molecule has 1 saturated heterocycles. The molecule has 1 aromatic rings. The molecule has 1 N–H and O–H groups in total. The summed E-state index contributed by atoms with van der Waals surface area (Å²) in [6.45, 7) is 3.56. The Balaban J connectivity index is 1.39. The summed E-state index contributed by atoms with van der Waals surface area (Å²) in [6.07, 6.45) is 5.52. The summed E-state index contributed by atoms with van der Waals surface area (Å²) in [6, 6.07) is 2.02.